The highest BCUT2D eigenvalue weighted by Gasteiger charge is 2.30. The van der Waals surface area contributed by atoms with Gasteiger partial charge in [0.15, 0.2) is 0 Å². The van der Waals surface area contributed by atoms with E-state index in [2.05, 4.69) is 5.32 Å². The summed E-state index contributed by atoms with van der Waals surface area (Å²) in [5, 5.41) is 11.7. The SMILES string of the molecule is CC(C)CC(NC(=O)c1ccc(Cl)c(S(=O)(=O)N2CCCC2)c1)C(=O)O. The summed E-state index contributed by atoms with van der Waals surface area (Å²) in [5.41, 5.74) is 0.0576. The molecule has 0 aromatic heterocycles. The van der Waals surface area contributed by atoms with Crippen LogP contribution in [0.3, 0.4) is 0 Å². The van der Waals surface area contributed by atoms with Crippen molar-refractivity contribution < 1.29 is 23.1 Å². The molecule has 0 radical (unpaired) electrons. The van der Waals surface area contributed by atoms with Crippen molar-refractivity contribution in [3.8, 4) is 0 Å². The molecule has 1 saturated heterocycles. The number of nitrogens with one attached hydrogen (secondary N) is 1. The van der Waals surface area contributed by atoms with Gasteiger partial charge in [-0.1, -0.05) is 25.4 Å². The maximum atomic E-state index is 12.7. The Labute approximate surface area is 158 Å². The van der Waals surface area contributed by atoms with Crippen molar-refractivity contribution in [3.63, 3.8) is 0 Å². The maximum Gasteiger partial charge on any atom is 0.326 e. The Hall–Kier alpha value is -1.64. The van der Waals surface area contributed by atoms with Gasteiger partial charge < -0.3 is 10.4 Å². The van der Waals surface area contributed by atoms with Crippen LogP contribution in [0.1, 0.15) is 43.5 Å². The lowest BCUT2D eigenvalue weighted by atomic mass is 10.0. The fourth-order valence-corrected chi connectivity index (χ4v) is 4.86. The molecule has 1 amide bonds. The third-order valence-electron chi connectivity index (χ3n) is 4.19. The van der Waals surface area contributed by atoms with Crippen molar-refractivity contribution in [1.29, 1.82) is 0 Å². The molecule has 9 heteroatoms. The third kappa shape index (κ3) is 4.75. The Morgan fingerprint density at radius 3 is 2.42 bits per heavy atom. The van der Waals surface area contributed by atoms with E-state index in [1.807, 2.05) is 13.8 Å². The number of hydrogen-bond donors (Lipinski definition) is 2. The predicted octanol–water partition coefficient (Wildman–Crippen LogP) is 2.35. The zero-order chi connectivity index (χ0) is 19.5. The summed E-state index contributed by atoms with van der Waals surface area (Å²) < 4.78 is 26.8. The van der Waals surface area contributed by atoms with Crippen molar-refractivity contribution in [2.24, 2.45) is 5.92 Å². The van der Waals surface area contributed by atoms with Crippen LogP contribution in [0, 0.1) is 5.92 Å². The summed E-state index contributed by atoms with van der Waals surface area (Å²) in [6.07, 6.45) is 1.84. The summed E-state index contributed by atoms with van der Waals surface area (Å²) in [7, 11) is -3.78. The van der Waals surface area contributed by atoms with Crippen molar-refractivity contribution >= 4 is 33.5 Å². The van der Waals surface area contributed by atoms with E-state index in [-0.39, 0.29) is 27.8 Å². The van der Waals surface area contributed by atoms with Gasteiger partial charge in [-0.3, -0.25) is 4.79 Å². The van der Waals surface area contributed by atoms with Crippen molar-refractivity contribution in [3.05, 3.63) is 28.8 Å². The molecule has 1 aliphatic rings. The quantitative estimate of drug-likeness (QED) is 0.728. The van der Waals surface area contributed by atoms with Crippen LogP contribution in [-0.2, 0) is 14.8 Å². The molecular formula is C17H23ClN2O5S. The van der Waals surface area contributed by atoms with Crippen LogP contribution in [0.4, 0.5) is 0 Å². The van der Waals surface area contributed by atoms with Crippen molar-refractivity contribution in [1.82, 2.24) is 9.62 Å². The number of halogens is 1. The zero-order valence-corrected chi connectivity index (χ0v) is 16.3. The number of hydrogen-bond acceptors (Lipinski definition) is 4. The van der Waals surface area contributed by atoms with Gasteiger partial charge in [0.2, 0.25) is 10.0 Å². The number of carboxylic acid groups (broad SMARTS) is 1. The summed E-state index contributed by atoms with van der Waals surface area (Å²) in [6.45, 7) is 4.55. The van der Waals surface area contributed by atoms with E-state index in [1.54, 1.807) is 0 Å². The molecule has 0 spiro atoms. The minimum atomic E-state index is -3.78. The minimum Gasteiger partial charge on any atom is -0.480 e. The first-order valence-corrected chi connectivity index (χ1v) is 10.3. The Morgan fingerprint density at radius 2 is 1.88 bits per heavy atom. The fourth-order valence-electron chi connectivity index (χ4n) is 2.84. The first kappa shape index (κ1) is 20.7. The van der Waals surface area contributed by atoms with Crippen molar-refractivity contribution in [2.45, 2.75) is 44.0 Å². The van der Waals surface area contributed by atoms with Gasteiger partial charge in [-0.15, -0.1) is 0 Å². The molecule has 1 heterocycles. The van der Waals surface area contributed by atoms with Crippen LogP contribution >= 0.6 is 11.6 Å². The summed E-state index contributed by atoms with van der Waals surface area (Å²) in [4.78, 5) is 23.6. The molecule has 0 bridgehead atoms. The summed E-state index contributed by atoms with van der Waals surface area (Å²) in [6, 6.07) is 2.89. The van der Waals surface area contributed by atoms with Crippen LogP contribution in [0.2, 0.25) is 5.02 Å². The number of carbonyl (C=O) groups excluding carboxylic acids is 1. The third-order valence-corrected chi connectivity index (χ3v) is 6.57. The maximum absolute atomic E-state index is 12.7. The monoisotopic (exact) mass is 402 g/mol. The van der Waals surface area contributed by atoms with E-state index in [1.165, 1.54) is 22.5 Å². The molecule has 1 fully saturated rings. The normalized spacial score (nSPS) is 16.6. The smallest absolute Gasteiger partial charge is 0.326 e. The molecule has 2 N–H and O–H groups in total. The van der Waals surface area contributed by atoms with Crippen LogP contribution < -0.4 is 5.32 Å². The van der Waals surface area contributed by atoms with Gasteiger partial charge >= 0.3 is 5.97 Å². The Bertz CT molecular complexity index is 788. The van der Waals surface area contributed by atoms with Gasteiger partial charge in [0.05, 0.1) is 5.02 Å². The molecule has 144 valence electrons. The fraction of sp³-hybridized carbons (Fsp3) is 0.529. The number of carbonyl (C=O) groups is 2. The Balaban J connectivity index is 2.28. The first-order chi connectivity index (χ1) is 12.1. The standard InChI is InChI=1S/C17H23ClN2O5S/c1-11(2)9-14(17(22)23)19-16(21)12-5-6-13(18)15(10-12)26(24,25)20-7-3-4-8-20/h5-6,10-11,14H,3-4,7-9H2,1-2H3,(H,19,21)(H,22,23). The minimum absolute atomic E-state index is 0.0328. The predicted molar refractivity (Wildman–Crippen MR) is 97.8 cm³/mol. The molecule has 1 atom stereocenters. The van der Waals surface area contributed by atoms with Gasteiger partial charge in [-0.25, -0.2) is 13.2 Å². The first-order valence-electron chi connectivity index (χ1n) is 8.46. The van der Waals surface area contributed by atoms with Crippen LogP contribution in [0.5, 0.6) is 0 Å². The molecule has 1 aromatic rings. The molecule has 7 nitrogen and oxygen atoms in total. The van der Waals surface area contributed by atoms with E-state index >= 15 is 0 Å². The second kappa shape index (κ2) is 8.37. The Morgan fingerprint density at radius 1 is 1.27 bits per heavy atom. The van der Waals surface area contributed by atoms with Crippen LogP contribution in [-0.4, -0.2) is 48.8 Å². The average molecular weight is 403 g/mol. The van der Waals surface area contributed by atoms with E-state index < -0.39 is 27.9 Å². The van der Waals surface area contributed by atoms with E-state index in [0.29, 0.717) is 13.1 Å². The topological polar surface area (TPSA) is 104 Å². The van der Waals surface area contributed by atoms with Crippen molar-refractivity contribution in [2.75, 3.05) is 13.1 Å². The second-order valence-corrected chi connectivity index (χ2v) is 9.06. The highest BCUT2D eigenvalue weighted by atomic mass is 35.5. The lowest BCUT2D eigenvalue weighted by Crippen LogP contribution is -2.41. The highest BCUT2D eigenvalue weighted by molar-refractivity contribution is 7.89. The molecule has 26 heavy (non-hydrogen) atoms. The number of amides is 1. The van der Waals surface area contributed by atoms with Gasteiger partial charge in [0.25, 0.3) is 5.91 Å². The van der Waals surface area contributed by atoms with Gasteiger partial charge in [0, 0.05) is 18.7 Å². The van der Waals surface area contributed by atoms with E-state index in [4.69, 9.17) is 11.6 Å². The molecule has 1 aromatic carbocycles. The highest BCUT2D eigenvalue weighted by Crippen LogP contribution is 2.28. The van der Waals surface area contributed by atoms with E-state index in [0.717, 1.165) is 12.8 Å². The number of nitrogens with zero attached hydrogens (tertiary/aromatic N) is 1. The molecule has 2 rings (SSSR count). The van der Waals surface area contributed by atoms with Crippen LogP contribution in [0.15, 0.2) is 23.1 Å². The molecular weight excluding hydrogens is 380 g/mol. The zero-order valence-electron chi connectivity index (χ0n) is 14.7. The van der Waals surface area contributed by atoms with Crippen LogP contribution in [0.25, 0.3) is 0 Å². The number of carboxylic acids is 1. The molecule has 0 aliphatic carbocycles. The second-order valence-electron chi connectivity index (χ2n) is 6.75. The molecule has 1 unspecified atom stereocenters. The van der Waals surface area contributed by atoms with E-state index in [9.17, 15) is 23.1 Å². The summed E-state index contributed by atoms with van der Waals surface area (Å²) >= 11 is 6.06. The van der Waals surface area contributed by atoms with Gasteiger partial charge in [-0.2, -0.15) is 4.31 Å². The molecule has 0 saturated carbocycles. The summed E-state index contributed by atoms with van der Waals surface area (Å²) in [5.74, 6) is -1.70. The lowest BCUT2D eigenvalue weighted by Gasteiger charge is -2.18. The average Bonchev–Trinajstić information content (AvgIpc) is 3.09. The number of sulfonamides is 1. The lowest BCUT2D eigenvalue weighted by molar-refractivity contribution is -0.139. The Kier molecular flexibility index (Phi) is 6.65. The number of aliphatic carboxylic acids is 1. The number of benzene rings is 1. The number of rotatable bonds is 7. The molecule has 1 aliphatic heterocycles. The van der Waals surface area contributed by atoms with Gasteiger partial charge in [0.1, 0.15) is 10.9 Å². The largest absolute Gasteiger partial charge is 0.480 e. The van der Waals surface area contributed by atoms with Gasteiger partial charge in [-0.05, 0) is 43.4 Å².